The molecule has 2 N–H and O–H groups in total. The summed E-state index contributed by atoms with van der Waals surface area (Å²) in [6.45, 7) is -0.590. The zero-order valence-electron chi connectivity index (χ0n) is 7.67. The SMILES string of the molecule is COc1ccc(Br)cc1[C@@H](N)CF.Cl. The number of halogens is 3. The summed E-state index contributed by atoms with van der Waals surface area (Å²) in [5.41, 5.74) is 6.24. The Balaban J connectivity index is 0.00000169. The van der Waals surface area contributed by atoms with Crippen molar-refractivity contribution in [1.29, 1.82) is 0 Å². The number of hydrogen-bond donors (Lipinski definition) is 1. The van der Waals surface area contributed by atoms with Gasteiger partial charge in [0.15, 0.2) is 0 Å². The second-order valence-corrected chi connectivity index (χ2v) is 3.56. The van der Waals surface area contributed by atoms with E-state index in [0.717, 1.165) is 4.47 Å². The van der Waals surface area contributed by atoms with Gasteiger partial charge in [0.05, 0.1) is 13.2 Å². The van der Waals surface area contributed by atoms with E-state index in [-0.39, 0.29) is 12.4 Å². The maximum atomic E-state index is 12.3. The Labute approximate surface area is 97.2 Å². The molecule has 0 saturated carbocycles. The molecule has 0 fully saturated rings. The van der Waals surface area contributed by atoms with E-state index in [2.05, 4.69) is 15.9 Å². The van der Waals surface area contributed by atoms with E-state index >= 15 is 0 Å². The first kappa shape index (κ1) is 13.7. The number of rotatable bonds is 3. The van der Waals surface area contributed by atoms with Gasteiger partial charge in [-0.1, -0.05) is 15.9 Å². The van der Waals surface area contributed by atoms with E-state index < -0.39 is 12.7 Å². The molecule has 5 heteroatoms. The number of hydrogen-bond acceptors (Lipinski definition) is 2. The highest BCUT2D eigenvalue weighted by Crippen LogP contribution is 2.27. The molecule has 0 aliphatic rings. The van der Waals surface area contributed by atoms with Gasteiger partial charge in [-0.05, 0) is 18.2 Å². The summed E-state index contributed by atoms with van der Waals surface area (Å²) in [7, 11) is 1.54. The van der Waals surface area contributed by atoms with Gasteiger partial charge in [-0.3, -0.25) is 0 Å². The van der Waals surface area contributed by atoms with Crippen LogP contribution in [0.4, 0.5) is 4.39 Å². The molecule has 1 rings (SSSR count). The van der Waals surface area contributed by atoms with E-state index in [0.29, 0.717) is 11.3 Å². The first-order valence-electron chi connectivity index (χ1n) is 3.84. The summed E-state index contributed by atoms with van der Waals surface area (Å²) in [6.07, 6.45) is 0. The fraction of sp³-hybridized carbons (Fsp3) is 0.333. The van der Waals surface area contributed by atoms with Gasteiger partial charge in [0.2, 0.25) is 0 Å². The second-order valence-electron chi connectivity index (χ2n) is 2.65. The van der Waals surface area contributed by atoms with Crippen LogP contribution < -0.4 is 10.5 Å². The van der Waals surface area contributed by atoms with Crippen molar-refractivity contribution >= 4 is 28.3 Å². The lowest BCUT2D eigenvalue weighted by Crippen LogP contribution is -2.13. The summed E-state index contributed by atoms with van der Waals surface area (Å²) in [4.78, 5) is 0. The molecule has 0 aliphatic carbocycles. The molecule has 2 nitrogen and oxygen atoms in total. The van der Waals surface area contributed by atoms with Crippen molar-refractivity contribution in [3.63, 3.8) is 0 Å². The average Bonchev–Trinajstić information content (AvgIpc) is 2.16. The second kappa shape index (κ2) is 6.22. The Morgan fingerprint density at radius 2 is 2.21 bits per heavy atom. The number of alkyl halides is 1. The summed E-state index contributed by atoms with van der Waals surface area (Å²) in [6, 6.07) is 4.73. The van der Waals surface area contributed by atoms with Gasteiger partial charge in [0.1, 0.15) is 12.4 Å². The van der Waals surface area contributed by atoms with Crippen molar-refractivity contribution in [3.8, 4) is 5.75 Å². The van der Waals surface area contributed by atoms with Crippen LogP contribution in [0.25, 0.3) is 0 Å². The summed E-state index contributed by atoms with van der Waals surface area (Å²) < 4.78 is 18.2. The highest BCUT2D eigenvalue weighted by atomic mass is 79.9. The minimum absolute atomic E-state index is 0. The standard InChI is InChI=1S/C9H11BrFNO.ClH/c1-13-9-3-2-6(10)4-7(9)8(12)5-11;/h2-4,8H,5,12H2,1H3;1H/t8-;/m0./s1. The van der Waals surface area contributed by atoms with Gasteiger partial charge >= 0.3 is 0 Å². The van der Waals surface area contributed by atoms with E-state index in [4.69, 9.17) is 10.5 Å². The zero-order valence-corrected chi connectivity index (χ0v) is 10.1. The van der Waals surface area contributed by atoms with E-state index in [1.165, 1.54) is 7.11 Å². The first-order chi connectivity index (χ1) is 6.19. The fourth-order valence-corrected chi connectivity index (χ4v) is 1.46. The summed E-state index contributed by atoms with van der Waals surface area (Å²) >= 11 is 3.29. The molecule has 0 spiro atoms. The third-order valence-corrected chi connectivity index (χ3v) is 2.25. The van der Waals surface area contributed by atoms with Crippen LogP contribution in [0.1, 0.15) is 11.6 Å². The van der Waals surface area contributed by atoms with Gasteiger partial charge in [-0.15, -0.1) is 12.4 Å². The Hall–Kier alpha value is -0.320. The summed E-state index contributed by atoms with van der Waals surface area (Å²) in [5, 5.41) is 0. The monoisotopic (exact) mass is 283 g/mol. The number of benzene rings is 1. The van der Waals surface area contributed by atoms with Crippen LogP contribution in [0, 0.1) is 0 Å². The third kappa shape index (κ3) is 3.12. The number of nitrogens with two attached hydrogens (primary N) is 1. The molecule has 1 atom stereocenters. The van der Waals surface area contributed by atoms with Gasteiger partial charge < -0.3 is 10.5 Å². The predicted molar refractivity (Wildman–Crippen MR) is 60.8 cm³/mol. The van der Waals surface area contributed by atoms with Crippen LogP contribution in [0.5, 0.6) is 5.75 Å². The maximum Gasteiger partial charge on any atom is 0.123 e. The van der Waals surface area contributed by atoms with Crippen molar-refractivity contribution < 1.29 is 9.13 Å². The Morgan fingerprint density at radius 3 is 2.71 bits per heavy atom. The lowest BCUT2D eigenvalue weighted by Gasteiger charge is -2.12. The van der Waals surface area contributed by atoms with Gasteiger partial charge in [-0.2, -0.15) is 0 Å². The summed E-state index contributed by atoms with van der Waals surface area (Å²) in [5.74, 6) is 0.619. The van der Waals surface area contributed by atoms with E-state index in [1.54, 1.807) is 12.1 Å². The minimum atomic E-state index is -0.618. The quantitative estimate of drug-likeness (QED) is 0.926. The largest absolute Gasteiger partial charge is 0.496 e. The van der Waals surface area contributed by atoms with Crippen LogP contribution >= 0.6 is 28.3 Å². The van der Waals surface area contributed by atoms with E-state index in [9.17, 15) is 4.39 Å². The van der Waals surface area contributed by atoms with Crippen LogP contribution in [-0.2, 0) is 0 Å². The maximum absolute atomic E-state index is 12.3. The van der Waals surface area contributed by atoms with Gasteiger partial charge in [-0.25, -0.2) is 4.39 Å². The van der Waals surface area contributed by atoms with E-state index in [1.807, 2.05) is 6.07 Å². The Kier molecular flexibility index (Phi) is 6.08. The molecule has 0 aliphatic heterocycles. The lowest BCUT2D eigenvalue weighted by molar-refractivity contribution is 0.389. The van der Waals surface area contributed by atoms with Crippen LogP contribution in [0.2, 0.25) is 0 Å². The smallest absolute Gasteiger partial charge is 0.123 e. The molecular formula is C9H12BrClFNO. The molecule has 1 aromatic carbocycles. The van der Waals surface area contributed by atoms with Crippen LogP contribution in [-0.4, -0.2) is 13.8 Å². The van der Waals surface area contributed by atoms with Crippen molar-refractivity contribution in [2.75, 3.05) is 13.8 Å². The molecular weight excluding hydrogens is 272 g/mol. The Bertz CT molecular complexity index is 298. The minimum Gasteiger partial charge on any atom is -0.496 e. The molecule has 1 aromatic rings. The average molecular weight is 285 g/mol. The van der Waals surface area contributed by atoms with Crippen LogP contribution in [0.3, 0.4) is 0 Å². The van der Waals surface area contributed by atoms with Gasteiger partial charge in [0, 0.05) is 10.0 Å². The molecule has 0 unspecified atom stereocenters. The third-order valence-electron chi connectivity index (χ3n) is 1.76. The normalized spacial score (nSPS) is 11.7. The number of ether oxygens (including phenoxy) is 1. The molecule has 0 amide bonds. The first-order valence-corrected chi connectivity index (χ1v) is 4.63. The molecule has 0 radical (unpaired) electrons. The van der Waals surface area contributed by atoms with Crippen molar-refractivity contribution in [3.05, 3.63) is 28.2 Å². The lowest BCUT2D eigenvalue weighted by atomic mass is 10.1. The molecule has 0 aromatic heterocycles. The fourth-order valence-electron chi connectivity index (χ4n) is 1.08. The van der Waals surface area contributed by atoms with Crippen molar-refractivity contribution in [2.24, 2.45) is 5.73 Å². The Morgan fingerprint density at radius 1 is 1.57 bits per heavy atom. The van der Waals surface area contributed by atoms with Crippen LogP contribution in [0.15, 0.2) is 22.7 Å². The highest BCUT2D eigenvalue weighted by Gasteiger charge is 2.11. The van der Waals surface area contributed by atoms with Crippen molar-refractivity contribution in [2.45, 2.75) is 6.04 Å². The molecule has 0 saturated heterocycles. The van der Waals surface area contributed by atoms with Gasteiger partial charge in [0.25, 0.3) is 0 Å². The topological polar surface area (TPSA) is 35.2 Å². The molecule has 14 heavy (non-hydrogen) atoms. The molecule has 0 heterocycles. The zero-order chi connectivity index (χ0) is 9.84. The number of methoxy groups -OCH3 is 1. The predicted octanol–water partition coefficient (Wildman–Crippen LogP) is 2.85. The molecule has 80 valence electrons. The highest BCUT2D eigenvalue weighted by molar-refractivity contribution is 9.10. The molecule has 0 bridgehead atoms. The van der Waals surface area contributed by atoms with Crippen molar-refractivity contribution in [1.82, 2.24) is 0 Å².